The molecule has 1 aromatic heterocycles. The Kier molecular flexibility index (Phi) is 3.53. The Balaban J connectivity index is 2.57. The fourth-order valence-corrected chi connectivity index (χ4v) is 2.64. The van der Waals surface area contributed by atoms with Crippen LogP contribution in [0, 0.1) is 6.92 Å². The zero-order valence-electron chi connectivity index (χ0n) is 10.0. The van der Waals surface area contributed by atoms with Gasteiger partial charge in [0.05, 0.1) is 17.6 Å². The van der Waals surface area contributed by atoms with E-state index in [1.54, 1.807) is 18.2 Å². The van der Waals surface area contributed by atoms with Crippen molar-refractivity contribution in [1.29, 1.82) is 0 Å². The van der Waals surface area contributed by atoms with Gasteiger partial charge in [0.15, 0.2) is 11.5 Å². The monoisotopic (exact) mass is 263 g/mol. The zero-order chi connectivity index (χ0) is 13.1. The van der Waals surface area contributed by atoms with Gasteiger partial charge in [-0.25, -0.2) is 0 Å². The van der Waals surface area contributed by atoms with Crippen LogP contribution in [0.3, 0.4) is 0 Å². The summed E-state index contributed by atoms with van der Waals surface area (Å²) in [6.07, 6.45) is 0. The second-order valence-corrected chi connectivity index (χ2v) is 4.65. The molecule has 0 aliphatic rings. The fourth-order valence-electron chi connectivity index (χ4n) is 1.72. The molecule has 5 heteroatoms. The van der Waals surface area contributed by atoms with Gasteiger partial charge in [0, 0.05) is 0 Å². The summed E-state index contributed by atoms with van der Waals surface area (Å²) >= 11 is 1.46. The van der Waals surface area contributed by atoms with E-state index in [2.05, 4.69) is 5.16 Å². The van der Waals surface area contributed by atoms with Crippen molar-refractivity contribution in [2.24, 2.45) is 5.16 Å². The van der Waals surface area contributed by atoms with Crippen LogP contribution in [0.15, 0.2) is 34.8 Å². The molecule has 1 aromatic carbocycles. The zero-order valence-corrected chi connectivity index (χ0v) is 10.9. The Morgan fingerprint density at radius 3 is 2.67 bits per heavy atom. The minimum atomic E-state index is -0.0272. The van der Waals surface area contributed by atoms with Crippen LogP contribution in [0.4, 0.5) is 0 Å². The predicted octanol–water partition coefficient (Wildman–Crippen LogP) is 3.00. The van der Waals surface area contributed by atoms with Crippen LogP contribution >= 0.6 is 11.3 Å². The number of para-hydroxylation sites is 1. The van der Waals surface area contributed by atoms with Gasteiger partial charge in [0.25, 0.3) is 0 Å². The molecule has 0 atom stereocenters. The second-order valence-electron chi connectivity index (χ2n) is 3.74. The van der Waals surface area contributed by atoms with E-state index in [9.17, 15) is 10.3 Å². The van der Waals surface area contributed by atoms with Gasteiger partial charge in [0.1, 0.15) is 5.71 Å². The summed E-state index contributed by atoms with van der Waals surface area (Å²) in [5.41, 5.74) is 1.79. The normalized spacial score (nSPS) is 11.6. The number of nitrogens with zero attached hydrogens (tertiary/aromatic N) is 1. The Bertz CT molecular complexity index is 590. The number of methoxy groups -OCH3 is 1. The van der Waals surface area contributed by atoms with Crippen molar-refractivity contribution in [3.63, 3.8) is 0 Å². The Labute approximate surface area is 109 Å². The van der Waals surface area contributed by atoms with E-state index in [0.717, 1.165) is 10.4 Å². The molecule has 94 valence electrons. The molecule has 0 spiro atoms. The average Bonchev–Trinajstić information content (AvgIpc) is 2.79. The lowest BCUT2D eigenvalue weighted by molar-refractivity contribution is 0.319. The molecule has 4 nitrogen and oxygen atoms in total. The molecule has 0 radical (unpaired) electrons. The highest BCUT2D eigenvalue weighted by Gasteiger charge is 2.17. The average molecular weight is 263 g/mol. The summed E-state index contributed by atoms with van der Waals surface area (Å²) < 4.78 is 5.04. The van der Waals surface area contributed by atoms with E-state index in [0.29, 0.717) is 17.0 Å². The number of phenols is 1. The van der Waals surface area contributed by atoms with Gasteiger partial charge in [-0.05, 0) is 36.1 Å². The molecule has 2 aromatic rings. The Morgan fingerprint density at radius 1 is 1.33 bits per heavy atom. The number of ether oxygens (including phenoxy) is 1. The van der Waals surface area contributed by atoms with Gasteiger partial charge in [-0.15, -0.1) is 11.3 Å². The van der Waals surface area contributed by atoms with Crippen molar-refractivity contribution < 1.29 is 15.1 Å². The summed E-state index contributed by atoms with van der Waals surface area (Å²) in [7, 11) is 1.48. The minimum absolute atomic E-state index is 0.0272. The number of rotatable bonds is 3. The first-order valence-corrected chi connectivity index (χ1v) is 6.20. The van der Waals surface area contributed by atoms with E-state index in [1.807, 2.05) is 18.4 Å². The molecular weight excluding hydrogens is 250 g/mol. The van der Waals surface area contributed by atoms with Gasteiger partial charge in [-0.2, -0.15) is 0 Å². The number of oxime groups is 1. The maximum Gasteiger partial charge on any atom is 0.167 e. The first-order valence-electron chi connectivity index (χ1n) is 5.32. The van der Waals surface area contributed by atoms with Crippen LogP contribution in [-0.4, -0.2) is 23.1 Å². The third-order valence-electron chi connectivity index (χ3n) is 2.65. The minimum Gasteiger partial charge on any atom is -0.504 e. The van der Waals surface area contributed by atoms with Crippen molar-refractivity contribution in [3.05, 3.63) is 45.6 Å². The van der Waals surface area contributed by atoms with E-state index in [4.69, 9.17) is 4.74 Å². The van der Waals surface area contributed by atoms with Crippen LogP contribution in [-0.2, 0) is 0 Å². The number of hydrogen-bond acceptors (Lipinski definition) is 5. The van der Waals surface area contributed by atoms with Crippen LogP contribution in [0.2, 0.25) is 0 Å². The molecule has 2 rings (SSSR count). The molecule has 0 saturated carbocycles. The highest BCUT2D eigenvalue weighted by molar-refractivity contribution is 7.12. The van der Waals surface area contributed by atoms with Crippen LogP contribution in [0.25, 0.3) is 0 Å². The van der Waals surface area contributed by atoms with Gasteiger partial charge >= 0.3 is 0 Å². The SMILES string of the molecule is COc1cccc(/C(=N/O)c2sccc2C)c1O. The molecule has 2 N–H and O–H groups in total. The number of aromatic hydroxyl groups is 1. The Morgan fingerprint density at radius 2 is 2.11 bits per heavy atom. The van der Waals surface area contributed by atoms with Crippen molar-refractivity contribution >= 4 is 17.0 Å². The molecule has 0 saturated heterocycles. The largest absolute Gasteiger partial charge is 0.504 e. The predicted molar refractivity (Wildman–Crippen MR) is 71.1 cm³/mol. The fraction of sp³-hybridized carbons (Fsp3) is 0.154. The summed E-state index contributed by atoms with van der Waals surface area (Å²) in [5.74, 6) is 0.323. The van der Waals surface area contributed by atoms with E-state index < -0.39 is 0 Å². The summed E-state index contributed by atoms with van der Waals surface area (Å²) in [6.45, 7) is 1.92. The van der Waals surface area contributed by atoms with E-state index >= 15 is 0 Å². The molecule has 0 aliphatic carbocycles. The maximum atomic E-state index is 10.1. The molecule has 0 fully saturated rings. The Hall–Kier alpha value is -2.01. The number of aryl methyl sites for hydroxylation is 1. The maximum absolute atomic E-state index is 10.1. The second kappa shape index (κ2) is 5.10. The van der Waals surface area contributed by atoms with Crippen molar-refractivity contribution in [2.75, 3.05) is 7.11 Å². The molecule has 0 unspecified atom stereocenters. The van der Waals surface area contributed by atoms with Crippen molar-refractivity contribution in [2.45, 2.75) is 6.92 Å². The van der Waals surface area contributed by atoms with Crippen molar-refractivity contribution in [3.8, 4) is 11.5 Å². The highest BCUT2D eigenvalue weighted by atomic mass is 32.1. The third kappa shape index (κ3) is 2.04. The highest BCUT2D eigenvalue weighted by Crippen LogP contribution is 2.32. The topological polar surface area (TPSA) is 62.0 Å². The first-order chi connectivity index (χ1) is 8.69. The molecule has 1 heterocycles. The van der Waals surface area contributed by atoms with Gasteiger partial charge in [0.2, 0.25) is 0 Å². The lowest BCUT2D eigenvalue weighted by atomic mass is 10.1. The van der Waals surface area contributed by atoms with E-state index in [-0.39, 0.29) is 5.75 Å². The first kappa shape index (κ1) is 12.4. The summed E-state index contributed by atoms with van der Waals surface area (Å²) in [6, 6.07) is 7.01. The van der Waals surface area contributed by atoms with Crippen LogP contribution in [0.5, 0.6) is 11.5 Å². The smallest absolute Gasteiger partial charge is 0.167 e. The molecule has 0 amide bonds. The number of thiophene rings is 1. The summed E-state index contributed by atoms with van der Waals surface area (Å²) in [5, 5.41) is 24.5. The van der Waals surface area contributed by atoms with Gasteiger partial charge in [-0.1, -0.05) is 11.2 Å². The standard InChI is InChI=1S/C13H13NO3S/c1-8-6-7-18-13(8)11(14-16)9-4-3-5-10(17-2)12(9)15/h3-7,15-16H,1-2H3/b14-11-. The quantitative estimate of drug-likeness (QED) is 0.508. The lowest BCUT2D eigenvalue weighted by Gasteiger charge is -2.09. The van der Waals surface area contributed by atoms with E-state index in [1.165, 1.54) is 18.4 Å². The number of hydrogen-bond donors (Lipinski definition) is 2. The van der Waals surface area contributed by atoms with Crippen LogP contribution < -0.4 is 4.74 Å². The van der Waals surface area contributed by atoms with Crippen molar-refractivity contribution in [1.82, 2.24) is 0 Å². The number of benzene rings is 1. The molecular formula is C13H13NO3S. The molecule has 0 aliphatic heterocycles. The molecule has 0 bridgehead atoms. The third-order valence-corrected chi connectivity index (χ3v) is 3.67. The van der Waals surface area contributed by atoms with Crippen LogP contribution in [0.1, 0.15) is 16.0 Å². The number of phenolic OH excluding ortho intramolecular Hbond substituents is 1. The molecule has 18 heavy (non-hydrogen) atoms. The van der Waals surface area contributed by atoms with Gasteiger partial charge in [-0.3, -0.25) is 0 Å². The lowest BCUT2D eigenvalue weighted by Crippen LogP contribution is -2.03. The summed E-state index contributed by atoms with van der Waals surface area (Å²) in [4.78, 5) is 0.820. The van der Waals surface area contributed by atoms with Gasteiger partial charge < -0.3 is 15.1 Å².